The molecule has 2 heterocycles. The van der Waals surface area contributed by atoms with Gasteiger partial charge in [0.2, 0.25) is 6.41 Å². The Kier molecular flexibility index (Phi) is 4.05. The lowest BCUT2D eigenvalue weighted by atomic mass is 9.84. The molecule has 3 aromatic rings. The smallest absolute Gasteiger partial charge is 0.207 e. The van der Waals surface area contributed by atoms with E-state index in [-0.39, 0.29) is 5.41 Å². The van der Waals surface area contributed by atoms with Gasteiger partial charge in [-0.15, -0.1) is 0 Å². The van der Waals surface area contributed by atoms with Crippen LogP contribution in [0, 0.1) is 0 Å². The van der Waals surface area contributed by atoms with Gasteiger partial charge in [0, 0.05) is 23.7 Å². The predicted octanol–water partition coefficient (Wildman–Crippen LogP) is 3.30. The van der Waals surface area contributed by atoms with Gasteiger partial charge in [-0.05, 0) is 29.8 Å². The van der Waals surface area contributed by atoms with E-state index in [2.05, 4.69) is 40.2 Å². The van der Waals surface area contributed by atoms with Gasteiger partial charge in [-0.25, -0.2) is 9.97 Å². The molecule has 0 aliphatic carbocycles. The third-order valence-electron chi connectivity index (χ3n) is 3.89. The van der Waals surface area contributed by atoms with Crippen molar-refractivity contribution in [3.63, 3.8) is 0 Å². The van der Waals surface area contributed by atoms with E-state index in [1.54, 1.807) is 12.3 Å². The van der Waals surface area contributed by atoms with E-state index >= 15 is 0 Å². The van der Waals surface area contributed by atoms with Gasteiger partial charge in [0.1, 0.15) is 11.0 Å². The largest absolute Gasteiger partial charge is 0.358 e. The van der Waals surface area contributed by atoms with Crippen molar-refractivity contribution >= 4 is 29.0 Å². The maximum atomic E-state index is 10.5. The van der Waals surface area contributed by atoms with Crippen molar-refractivity contribution in [1.82, 2.24) is 20.3 Å². The van der Waals surface area contributed by atoms with Gasteiger partial charge in [0.15, 0.2) is 0 Å². The first kappa shape index (κ1) is 15.5. The molecule has 0 fully saturated rings. The highest BCUT2D eigenvalue weighted by molar-refractivity contribution is 6.29. The Morgan fingerprint density at radius 1 is 1.30 bits per heavy atom. The molecule has 5 nitrogen and oxygen atoms in total. The summed E-state index contributed by atoms with van der Waals surface area (Å²) in [6.07, 6.45) is 2.38. The minimum absolute atomic E-state index is 0.172. The van der Waals surface area contributed by atoms with Crippen LogP contribution < -0.4 is 5.32 Å². The number of carbonyl (C=O) groups is 1. The molecule has 118 valence electrons. The van der Waals surface area contributed by atoms with Crippen LogP contribution in [0.3, 0.4) is 0 Å². The number of aromatic amines is 1. The Morgan fingerprint density at radius 2 is 2.13 bits per heavy atom. The molecule has 2 N–H and O–H groups in total. The highest BCUT2D eigenvalue weighted by atomic mass is 35.5. The number of hydrogen-bond acceptors (Lipinski definition) is 3. The molecule has 6 heteroatoms. The molecule has 0 saturated heterocycles. The number of fused-ring (bicyclic) bond motifs is 1. The standard InChI is InChI=1S/C17H17ClN4O/c1-17(2,9-19-10-23)12-3-4-13-14(8-12)22-16(21-13)11-5-6-20-15(18)7-11/h3-8,10H,9H2,1-2H3,(H,19,23)(H,21,22). The third-order valence-corrected chi connectivity index (χ3v) is 4.10. The van der Waals surface area contributed by atoms with Crippen LogP contribution >= 0.6 is 11.6 Å². The van der Waals surface area contributed by atoms with Crippen LogP contribution in [0.5, 0.6) is 0 Å². The van der Waals surface area contributed by atoms with E-state index in [4.69, 9.17) is 11.6 Å². The quantitative estimate of drug-likeness (QED) is 0.557. The van der Waals surface area contributed by atoms with Crippen LogP contribution in [0.2, 0.25) is 5.15 Å². The molecule has 1 aromatic carbocycles. The van der Waals surface area contributed by atoms with E-state index in [0.717, 1.165) is 34.4 Å². The second-order valence-corrected chi connectivity index (χ2v) is 6.45. The van der Waals surface area contributed by atoms with Crippen molar-refractivity contribution < 1.29 is 4.79 Å². The summed E-state index contributed by atoms with van der Waals surface area (Å²) in [4.78, 5) is 22.5. The summed E-state index contributed by atoms with van der Waals surface area (Å²) in [5.41, 5.74) is 3.67. The highest BCUT2D eigenvalue weighted by Crippen LogP contribution is 2.27. The van der Waals surface area contributed by atoms with Gasteiger partial charge in [-0.2, -0.15) is 0 Å². The molecule has 1 amide bonds. The van der Waals surface area contributed by atoms with Gasteiger partial charge in [-0.3, -0.25) is 4.79 Å². The summed E-state index contributed by atoms with van der Waals surface area (Å²) >= 11 is 5.94. The summed E-state index contributed by atoms with van der Waals surface area (Å²) in [5, 5.41) is 3.18. The molecular weight excluding hydrogens is 312 g/mol. The summed E-state index contributed by atoms with van der Waals surface area (Å²) < 4.78 is 0. The zero-order valence-corrected chi connectivity index (χ0v) is 13.7. The molecule has 0 saturated carbocycles. The number of nitrogens with one attached hydrogen (secondary N) is 2. The van der Waals surface area contributed by atoms with E-state index in [1.807, 2.05) is 18.2 Å². The number of rotatable bonds is 5. The maximum Gasteiger partial charge on any atom is 0.207 e. The first-order valence-electron chi connectivity index (χ1n) is 7.29. The molecule has 0 aliphatic rings. The minimum Gasteiger partial charge on any atom is -0.358 e. The fourth-order valence-electron chi connectivity index (χ4n) is 2.51. The monoisotopic (exact) mass is 328 g/mol. The van der Waals surface area contributed by atoms with Gasteiger partial charge in [0.25, 0.3) is 0 Å². The molecule has 0 spiro atoms. The first-order valence-corrected chi connectivity index (χ1v) is 7.66. The lowest BCUT2D eigenvalue weighted by molar-refractivity contribution is -0.109. The normalized spacial score (nSPS) is 11.6. The number of carbonyl (C=O) groups excluding carboxylic acids is 1. The minimum atomic E-state index is -0.172. The lowest BCUT2D eigenvalue weighted by Crippen LogP contribution is -2.32. The van der Waals surface area contributed by atoms with Crippen molar-refractivity contribution in [3.05, 3.63) is 47.2 Å². The number of nitrogens with zero attached hydrogens (tertiary/aromatic N) is 2. The maximum absolute atomic E-state index is 10.5. The van der Waals surface area contributed by atoms with Crippen LogP contribution in [-0.4, -0.2) is 27.9 Å². The van der Waals surface area contributed by atoms with Gasteiger partial charge in [-0.1, -0.05) is 31.5 Å². The number of H-pyrrole nitrogens is 1. The molecule has 2 aromatic heterocycles. The highest BCUT2D eigenvalue weighted by Gasteiger charge is 2.21. The number of benzene rings is 1. The molecule has 0 radical (unpaired) electrons. The molecule has 0 aliphatic heterocycles. The predicted molar refractivity (Wildman–Crippen MR) is 91.4 cm³/mol. The van der Waals surface area contributed by atoms with Gasteiger partial charge >= 0.3 is 0 Å². The van der Waals surface area contributed by atoms with Crippen molar-refractivity contribution in [1.29, 1.82) is 0 Å². The average molecular weight is 329 g/mol. The van der Waals surface area contributed by atoms with Crippen molar-refractivity contribution in [3.8, 4) is 11.4 Å². The summed E-state index contributed by atoms with van der Waals surface area (Å²) in [5.74, 6) is 0.755. The van der Waals surface area contributed by atoms with Crippen molar-refractivity contribution in [2.75, 3.05) is 6.54 Å². The van der Waals surface area contributed by atoms with Crippen molar-refractivity contribution in [2.45, 2.75) is 19.3 Å². The van der Waals surface area contributed by atoms with Crippen LogP contribution in [0.1, 0.15) is 19.4 Å². The van der Waals surface area contributed by atoms with Gasteiger partial charge < -0.3 is 10.3 Å². The first-order chi connectivity index (χ1) is 11.0. The summed E-state index contributed by atoms with van der Waals surface area (Å²) in [6, 6.07) is 9.74. The zero-order valence-electron chi connectivity index (χ0n) is 12.9. The number of pyridine rings is 1. The SMILES string of the molecule is CC(C)(CNC=O)c1ccc2[nH]c(-c3ccnc(Cl)c3)nc2c1. The van der Waals surface area contributed by atoms with Crippen LogP contribution in [0.4, 0.5) is 0 Å². The van der Waals surface area contributed by atoms with Crippen molar-refractivity contribution in [2.24, 2.45) is 0 Å². The van der Waals surface area contributed by atoms with E-state index in [1.165, 1.54) is 0 Å². The van der Waals surface area contributed by atoms with Gasteiger partial charge in [0.05, 0.1) is 11.0 Å². The second kappa shape index (κ2) is 6.01. The Bertz CT molecular complexity index is 857. The van der Waals surface area contributed by atoms with E-state index in [9.17, 15) is 4.79 Å². The number of halogens is 1. The Hall–Kier alpha value is -2.40. The molecular formula is C17H17ClN4O. The fraction of sp³-hybridized carbons (Fsp3) is 0.235. The van der Waals surface area contributed by atoms with E-state index in [0.29, 0.717) is 11.7 Å². The third kappa shape index (κ3) is 3.19. The summed E-state index contributed by atoms with van der Waals surface area (Å²) in [6.45, 7) is 4.74. The number of amides is 1. The Balaban J connectivity index is 1.99. The molecule has 0 unspecified atom stereocenters. The molecule has 0 atom stereocenters. The number of hydrogen-bond donors (Lipinski definition) is 2. The fourth-order valence-corrected chi connectivity index (χ4v) is 2.69. The molecule has 3 rings (SSSR count). The molecule has 23 heavy (non-hydrogen) atoms. The lowest BCUT2D eigenvalue weighted by Gasteiger charge is -2.24. The van der Waals surface area contributed by atoms with Crippen LogP contribution in [-0.2, 0) is 10.2 Å². The average Bonchev–Trinajstić information content (AvgIpc) is 2.96. The van der Waals surface area contributed by atoms with E-state index < -0.39 is 0 Å². The van der Waals surface area contributed by atoms with Crippen LogP contribution in [0.25, 0.3) is 22.4 Å². The van der Waals surface area contributed by atoms with Crippen LogP contribution in [0.15, 0.2) is 36.5 Å². The molecule has 0 bridgehead atoms. The topological polar surface area (TPSA) is 70.7 Å². The Morgan fingerprint density at radius 3 is 2.87 bits per heavy atom. The second-order valence-electron chi connectivity index (χ2n) is 6.07. The number of imidazole rings is 1. The number of aromatic nitrogens is 3. The Labute approximate surface area is 139 Å². The summed E-state index contributed by atoms with van der Waals surface area (Å²) in [7, 11) is 0. The zero-order chi connectivity index (χ0) is 16.4.